The maximum Gasteiger partial charge on any atom is 0.306 e. The minimum atomic E-state index is -2.30. The molecule has 72 valence electrons. The first-order valence-corrected chi connectivity index (χ1v) is 5.81. The summed E-state index contributed by atoms with van der Waals surface area (Å²) >= 11 is 0. The Morgan fingerprint density at radius 2 is 2.17 bits per heavy atom. The van der Waals surface area contributed by atoms with Gasteiger partial charge in [-0.25, -0.2) is 0 Å². The highest BCUT2D eigenvalue weighted by atomic mass is 32.3. The summed E-state index contributed by atoms with van der Waals surface area (Å²) in [6, 6.07) is 0. The van der Waals surface area contributed by atoms with E-state index in [-0.39, 0.29) is 11.9 Å². The highest BCUT2D eigenvalue weighted by molar-refractivity contribution is 8.25. The summed E-state index contributed by atoms with van der Waals surface area (Å²) < 4.78 is 22.7. The molecule has 0 spiro atoms. The largest absolute Gasteiger partial charge is 0.466 e. The Hall–Kier alpha value is -0.260. The quantitative estimate of drug-likeness (QED) is 0.665. The lowest BCUT2D eigenvalue weighted by Crippen LogP contribution is -2.34. The van der Waals surface area contributed by atoms with E-state index in [1.54, 1.807) is 6.92 Å². The van der Waals surface area contributed by atoms with Crippen molar-refractivity contribution in [3.8, 4) is 0 Å². The van der Waals surface area contributed by atoms with Crippen LogP contribution in [-0.2, 0) is 9.53 Å². The summed E-state index contributed by atoms with van der Waals surface area (Å²) in [6.07, 6.45) is 0.323. The summed E-state index contributed by atoms with van der Waals surface area (Å²) in [5, 5.41) is 0. The van der Waals surface area contributed by atoms with Crippen LogP contribution in [0, 0.1) is 5.92 Å². The number of ether oxygens (including phenoxy) is 1. The molecule has 1 fully saturated rings. The topological polar surface area (TPSA) is 66.8 Å². The second-order valence-corrected chi connectivity index (χ2v) is 5.28. The molecule has 2 N–H and O–H groups in total. The van der Waals surface area contributed by atoms with Gasteiger partial charge in [0.25, 0.3) is 0 Å². The Morgan fingerprint density at radius 1 is 1.58 bits per heavy atom. The first-order chi connectivity index (χ1) is 5.53. The fourth-order valence-electron chi connectivity index (χ4n) is 1.28. The second kappa shape index (κ2) is 3.64. The molecule has 5 heteroatoms. The first kappa shape index (κ1) is 9.83. The van der Waals surface area contributed by atoms with Crippen LogP contribution in [0.25, 0.3) is 0 Å². The molecule has 0 aliphatic carbocycles. The van der Waals surface area contributed by atoms with Gasteiger partial charge in [0.05, 0.1) is 13.0 Å². The van der Waals surface area contributed by atoms with Crippen molar-refractivity contribution in [1.82, 2.24) is 0 Å². The molecule has 0 saturated carbocycles. The molecule has 1 heterocycles. The van der Waals surface area contributed by atoms with Crippen molar-refractivity contribution in [3.63, 3.8) is 0 Å². The van der Waals surface area contributed by atoms with E-state index in [0.29, 0.717) is 24.5 Å². The molecule has 1 rings (SSSR count). The molecule has 1 saturated heterocycles. The van der Waals surface area contributed by atoms with E-state index in [2.05, 4.69) is 0 Å². The molecular weight excluding hydrogens is 180 g/mol. The SMILES string of the molecule is CCOC(=O)CC1CS(O)(O)C1. The summed E-state index contributed by atoms with van der Waals surface area (Å²) in [4.78, 5) is 10.9. The molecule has 0 radical (unpaired) electrons. The zero-order chi connectivity index (χ0) is 9.19. The molecule has 0 atom stereocenters. The molecule has 0 amide bonds. The minimum absolute atomic E-state index is 0.119. The molecular formula is C7H14O4S. The van der Waals surface area contributed by atoms with Crippen LogP contribution in [0.5, 0.6) is 0 Å². The van der Waals surface area contributed by atoms with Gasteiger partial charge in [-0.2, -0.15) is 10.6 Å². The number of carbonyl (C=O) groups is 1. The average Bonchev–Trinajstić information content (AvgIpc) is 1.83. The maximum absolute atomic E-state index is 10.9. The zero-order valence-electron chi connectivity index (χ0n) is 7.02. The normalized spacial score (nSPS) is 24.2. The molecule has 1 aliphatic rings. The molecule has 12 heavy (non-hydrogen) atoms. The van der Waals surface area contributed by atoms with Crippen molar-refractivity contribution in [1.29, 1.82) is 0 Å². The van der Waals surface area contributed by atoms with E-state index in [9.17, 15) is 4.79 Å². The predicted molar refractivity (Wildman–Crippen MR) is 47.3 cm³/mol. The number of hydrogen-bond acceptors (Lipinski definition) is 4. The van der Waals surface area contributed by atoms with E-state index in [1.165, 1.54) is 0 Å². The molecule has 0 aromatic carbocycles. The van der Waals surface area contributed by atoms with Gasteiger partial charge in [-0.1, -0.05) is 0 Å². The van der Waals surface area contributed by atoms with Crippen molar-refractivity contribution in [2.75, 3.05) is 18.1 Å². The summed E-state index contributed by atoms with van der Waals surface area (Å²) in [5.74, 6) is 0.615. The van der Waals surface area contributed by atoms with Gasteiger partial charge >= 0.3 is 5.97 Å². The van der Waals surface area contributed by atoms with E-state index in [0.717, 1.165) is 0 Å². The van der Waals surface area contributed by atoms with Crippen molar-refractivity contribution < 1.29 is 18.6 Å². The van der Waals surface area contributed by atoms with Crippen LogP contribution in [0.3, 0.4) is 0 Å². The van der Waals surface area contributed by atoms with E-state index < -0.39 is 10.6 Å². The van der Waals surface area contributed by atoms with Gasteiger partial charge in [0.2, 0.25) is 0 Å². The van der Waals surface area contributed by atoms with Crippen molar-refractivity contribution >= 4 is 16.6 Å². The minimum Gasteiger partial charge on any atom is -0.466 e. The van der Waals surface area contributed by atoms with Crippen LogP contribution in [-0.4, -0.2) is 33.2 Å². The fourth-order valence-corrected chi connectivity index (χ4v) is 2.93. The van der Waals surface area contributed by atoms with Gasteiger partial charge in [0.15, 0.2) is 0 Å². The monoisotopic (exact) mass is 194 g/mol. The average molecular weight is 194 g/mol. The lowest BCUT2D eigenvalue weighted by Gasteiger charge is -2.46. The van der Waals surface area contributed by atoms with Crippen LogP contribution >= 0.6 is 10.6 Å². The Morgan fingerprint density at radius 3 is 2.58 bits per heavy atom. The van der Waals surface area contributed by atoms with Crippen molar-refractivity contribution in [3.05, 3.63) is 0 Å². The molecule has 1 aliphatic heterocycles. The molecule has 0 aromatic rings. The molecule has 0 unspecified atom stereocenters. The third-order valence-corrected chi connectivity index (χ3v) is 3.78. The summed E-state index contributed by atoms with van der Waals surface area (Å²) in [6.45, 7) is 2.15. The van der Waals surface area contributed by atoms with Crippen LogP contribution in [0.1, 0.15) is 13.3 Å². The summed E-state index contributed by atoms with van der Waals surface area (Å²) in [7, 11) is -2.30. The highest BCUT2D eigenvalue weighted by Crippen LogP contribution is 2.52. The maximum atomic E-state index is 10.9. The Kier molecular flexibility index (Phi) is 2.98. The van der Waals surface area contributed by atoms with Crippen LogP contribution in [0.4, 0.5) is 0 Å². The van der Waals surface area contributed by atoms with Gasteiger partial charge in [0, 0.05) is 17.4 Å². The van der Waals surface area contributed by atoms with Crippen molar-refractivity contribution in [2.24, 2.45) is 5.92 Å². The van der Waals surface area contributed by atoms with Gasteiger partial charge < -0.3 is 4.74 Å². The van der Waals surface area contributed by atoms with Gasteiger partial charge in [-0.3, -0.25) is 13.9 Å². The Balaban J connectivity index is 2.14. The van der Waals surface area contributed by atoms with Gasteiger partial charge in [-0.15, -0.1) is 0 Å². The summed E-state index contributed by atoms with van der Waals surface area (Å²) in [5.41, 5.74) is 0. The molecule has 0 bridgehead atoms. The molecule has 4 nitrogen and oxygen atoms in total. The standard InChI is InChI=1S/C7H14O4S/c1-2-11-7(8)3-6-4-12(9,10)5-6/h6,9-10H,2-5H2,1H3. The van der Waals surface area contributed by atoms with E-state index in [1.807, 2.05) is 0 Å². The number of hydrogen-bond donors (Lipinski definition) is 2. The first-order valence-electron chi connectivity index (χ1n) is 3.92. The third-order valence-electron chi connectivity index (χ3n) is 1.77. The van der Waals surface area contributed by atoms with Crippen LogP contribution in [0.15, 0.2) is 0 Å². The van der Waals surface area contributed by atoms with Crippen molar-refractivity contribution in [2.45, 2.75) is 13.3 Å². The van der Waals surface area contributed by atoms with Crippen LogP contribution in [0.2, 0.25) is 0 Å². The second-order valence-electron chi connectivity index (χ2n) is 3.01. The zero-order valence-corrected chi connectivity index (χ0v) is 7.84. The molecule has 0 aromatic heterocycles. The van der Waals surface area contributed by atoms with Gasteiger partial charge in [0.1, 0.15) is 0 Å². The lowest BCUT2D eigenvalue weighted by molar-refractivity contribution is -0.143. The van der Waals surface area contributed by atoms with Crippen LogP contribution < -0.4 is 0 Å². The van der Waals surface area contributed by atoms with Gasteiger partial charge in [-0.05, 0) is 6.92 Å². The smallest absolute Gasteiger partial charge is 0.306 e. The van der Waals surface area contributed by atoms with E-state index >= 15 is 0 Å². The Bertz CT molecular complexity index is 172. The number of carbonyl (C=O) groups excluding carboxylic acids is 1. The predicted octanol–water partition coefficient (Wildman–Crippen LogP) is 1.32. The Labute approximate surface area is 73.3 Å². The third kappa shape index (κ3) is 2.66. The lowest BCUT2D eigenvalue weighted by atomic mass is 10.1. The number of rotatable bonds is 3. The number of esters is 1. The van der Waals surface area contributed by atoms with E-state index in [4.69, 9.17) is 13.8 Å². The highest BCUT2D eigenvalue weighted by Gasteiger charge is 2.35. The fraction of sp³-hybridized carbons (Fsp3) is 0.857.